The standard InChI is InChI=1S/Mg.2NO3.3H2O/c;2*2-1(3)4;;;/h;;;3*1H2/q+2;2*-1;;;. The van der Waals surface area contributed by atoms with Gasteiger partial charge in [-0.3, -0.25) is 0 Å². The summed E-state index contributed by atoms with van der Waals surface area (Å²) in [6.07, 6.45) is 0. The first-order chi connectivity index (χ1) is 3.46. The zero-order valence-electron chi connectivity index (χ0n) is 5.55. The van der Waals surface area contributed by atoms with Gasteiger partial charge in [0.2, 0.25) is 0 Å². The molecule has 0 aliphatic heterocycles. The fourth-order valence-electron chi connectivity index (χ4n) is 0. The Balaban J connectivity index is -0.0000000112. The minimum absolute atomic E-state index is 0. The van der Waals surface area contributed by atoms with Crippen molar-refractivity contribution < 1.29 is 26.6 Å². The van der Waals surface area contributed by atoms with E-state index in [-0.39, 0.29) is 39.5 Å². The van der Waals surface area contributed by atoms with Gasteiger partial charge in [-0.2, -0.15) is 0 Å². The maximum Gasteiger partial charge on any atom is 2.00 e. The van der Waals surface area contributed by atoms with Crippen molar-refractivity contribution in [3.05, 3.63) is 30.6 Å². The van der Waals surface area contributed by atoms with Gasteiger partial charge in [0.25, 0.3) is 0 Å². The van der Waals surface area contributed by atoms with Gasteiger partial charge in [0.05, 0.1) is 10.2 Å². The van der Waals surface area contributed by atoms with Gasteiger partial charge in [0.15, 0.2) is 0 Å². The molecule has 0 atom stereocenters. The van der Waals surface area contributed by atoms with E-state index in [2.05, 4.69) is 0 Å². The molecule has 0 unspecified atom stereocenters. The van der Waals surface area contributed by atoms with Gasteiger partial charge < -0.3 is 47.1 Å². The summed E-state index contributed by atoms with van der Waals surface area (Å²) in [6.45, 7) is 0. The largest absolute Gasteiger partial charge is 2.00 e. The van der Waals surface area contributed by atoms with Crippen LogP contribution in [-0.4, -0.2) is 49.7 Å². The second kappa shape index (κ2) is 32.3. The van der Waals surface area contributed by atoms with Crippen molar-refractivity contribution in [3.8, 4) is 0 Å². The molecule has 0 aromatic rings. The summed E-state index contributed by atoms with van der Waals surface area (Å²) in [6, 6.07) is 0. The molecule has 12 heavy (non-hydrogen) atoms. The van der Waals surface area contributed by atoms with Crippen LogP contribution in [-0.2, 0) is 0 Å². The molecule has 0 bridgehead atoms. The molecule has 12 heteroatoms. The maximum atomic E-state index is 8.25. The minimum Gasteiger partial charge on any atom is -0.412 e. The summed E-state index contributed by atoms with van der Waals surface area (Å²) in [5.41, 5.74) is 0. The summed E-state index contributed by atoms with van der Waals surface area (Å²) < 4.78 is 0. The molecule has 0 saturated heterocycles. The zero-order valence-corrected chi connectivity index (χ0v) is 6.97. The molecule has 0 saturated carbocycles. The van der Waals surface area contributed by atoms with E-state index >= 15 is 0 Å². The van der Waals surface area contributed by atoms with Gasteiger partial charge in [0.1, 0.15) is 0 Å². The molecular weight excluding hydrogens is 196 g/mol. The van der Waals surface area contributed by atoms with E-state index in [0.29, 0.717) is 0 Å². The molecule has 72 valence electrons. The van der Waals surface area contributed by atoms with Crippen LogP contribution in [0.5, 0.6) is 0 Å². The quantitative estimate of drug-likeness (QED) is 0.221. The van der Waals surface area contributed by atoms with Crippen molar-refractivity contribution in [1.29, 1.82) is 0 Å². The van der Waals surface area contributed by atoms with Crippen molar-refractivity contribution in [2.45, 2.75) is 0 Å². The van der Waals surface area contributed by atoms with Crippen molar-refractivity contribution >= 4 is 23.1 Å². The Morgan fingerprint density at radius 1 is 0.667 bits per heavy atom. The average molecular weight is 202 g/mol. The van der Waals surface area contributed by atoms with Gasteiger partial charge in [-0.25, -0.2) is 0 Å². The van der Waals surface area contributed by atoms with Gasteiger partial charge in [-0.05, 0) is 0 Å². The molecule has 11 nitrogen and oxygen atoms in total. The van der Waals surface area contributed by atoms with Gasteiger partial charge in [-0.15, -0.1) is 0 Å². The van der Waals surface area contributed by atoms with Crippen LogP contribution in [0.15, 0.2) is 0 Å². The van der Waals surface area contributed by atoms with Crippen LogP contribution in [0.25, 0.3) is 0 Å². The second-order valence-electron chi connectivity index (χ2n) is 0.447. The van der Waals surface area contributed by atoms with Crippen molar-refractivity contribution in [3.63, 3.8) is 0 Å². The Hall–Kier alpha value is -0.954. The van der Waals surface area contributed by atoms with Crippen LogP contribution in [0.1, 0.15) is 0 Å². The summed E-state index contributed by atoms with van der Waals surface area (Å²) in [4.78, 5) is 16.5. The molecule has 0 aliphatic rings. The molecule has 0 radical (unpaired) electrons. The first kappa shape index (κ1) is 43.8. The maximum absolute atomic E-state index is 8.25. The van der Waals surface area contributed by atoms with Gasteiger partial charge >= 0.3 is 23.1 Å². The Labute approximate surface area is 80.9 Å². The normalized spacial score (nSPS) is 4.00. The third-order valence-corrected chi connectivity index (χ3v) is 0. The van der Waals surface area contributed by atoms with E-state index < -0.39 is 10.2 Å². The first-order valence-corrected chi connectivity index (χ1v) is 1.10. The summed E-state index contributed by atoms with van der Waals surface area (Å²) in [5, 5.41) is 29.5. The number of nitrogens with zero attached hydrogens (tertiary/aromatic N) is 2. The Bertz CT molecular complexity index is 70.5. The molecule has 6 N–H and O–H groups in total. The van der Waals surface area contributed by atoms with E-state index in [1.54, 1.807) is 0 Å². The second-order valence-corrected chi connectivity index (χ2v) is 0.447. The molecule has 0 rings (SSSR count). The van der Waals surface area contributed by atoms with Crippen molar-refractivity contribution in [2.75, 3.05) is 0 Å². The van der Waals surface area contributed by atoms with Gasteiger partial charge in [0, 0.05) is 0 Å². The van der Waals surface area contributed by atoms with E-state index in [0.717, 1.165) is 0 Å². The molecule has 0 aromatic carbocycles. The van der Waals surface area contributed by atoms with Crippen LogP contribution in [0.2, 0.25) is 0 Å². The number of rotatable bonds is 0. The first-order valence-electron chi connectivity index (χ1n) is 1.10. The van der Waals surface area contributed by atoms with E-state index in [4.69, 9.17) is 30.6 Å². The average Bonchev–Trinajstić information content (AvgIpc) is 1.25. The summed E-state index contributed by atoms with van der Waals surface area (Å²) >= 11 is 0. The van der Waals surface area contributed by atoms with Crippen molar-refractivity contribution in [1.82, 2.24) is 0 Å². The minimum atomic E-state index is -1.75. The van der Waals surface area contributed by atoms with Crippen LogP contribution in [0.3, 0.4) is 0 Å². The monoisotopic (exact) mass is 202 g/mol. The van der Waals surface area contributed by atoms with Gasteiger partial charge in [-0.1, -0.05) is 0 Å². The Kier molecular flexibility index (Phi) is 118. The van der Waals surface area contributed by atoms with Crippen molar-refractivity contribution in [2.24, 2.45) is 0 Å². The van der Waals surface area contributed by atoms with Crippen LogP contribution >= 0.6 is 0 Å². The number of hydrogen-bond acceptors (Lipinski definition) is 6. The Morgan fingerprint density at radius 2 is 0.667 bits per heavy atom. The predicted molar refractivity (Wildman–Crippen MR) is 37.3 cm³/mol. The van der Waals surface area contributed by atoms with Crippen LogP contribution in [0.4, 0.5) is 0 Å². The predicted octanol–water partition coefficient (Wildman–Crippen LogP) is -3.33. The molecule has 0 amide bonds. The topological polar surface area (TPSA) is 227 Å². The SMILES string of the molecule is O.O.O.O=[N+]([O-])[O-].O=[N+]([O-])[O-].[Mg+2]. The fourth-order valence-corrected chi connectivity index (χ4v) is 0. The fraction of sp³-hybridized carbons (Fsp3) is 0. The van der Waals surface area contributed by atoms with Crippen LogP contribution < -0.4 is 0 Å². The molecule has 0 spiro atoms. The molecule has 0 aliphatic carbocycles. The molecule has 0 aromatic heterocycles. The summed E-state index contributed by atoms with van der Waals surface area (Å²) in [5.74, 6) is 0. The molecule has 0 fully saturated rings. The smallest absolute Gasteiger partial charge is 0.412 e. The van der Waals surface area contributed by atoms with E-state index in [1.165, 1.54) is 0 Å². The van der Waals surface area contributed by atoms with E-state index in [9.17, 15) is 0 Å². The third-order valence-electron chi connectivity index (χ3n) is 0. The third kappa shape index (κ3) is 644. The molecular formula is H6MgN2O9. The molecule has 0 heterocycles. The van der Waals surface area contributed by atoms with E-state index in [1.807, 2.05) is 0 Å². The zero-order chi connectivity index (χ0) is 7.15. The van der Waals surface area contributed by atoms with Crippen LogP contribution in [0, 0.1) is 30.6 Å². The summed E-state index contributed by atoms with van der Waals surface area (Å²) in [7, 11) is 0. The Morgan fingerprint density at radius 3 is 0.667 bits per heavy atom. The number of hydrogen-bond donors (Lipinski definition) is 0.